The molecular weight excluding hydrogens is 202 g/mol. The monoisotopic (exact) mass is 227 g/mol. The topological polar surface area (TPSA) is 40.5 Å². The number of aliphatic hydroxyl groups is 1. The fraction of sp³-hybridized carbons (Fsp3) is 0.923. The smallest absolute Gasteiger partial charge is 0.223 e. The van der Waals surface area contributed by atoms with Crippen LogP contribution in [0.4, 0.5) is 0 Å². The van der Waals surface area contributed by atoms with Crippen LogP contribution in [0.5, 0.6) is 0 Å². The fourth-order valence-electron chi connectivity index (χ4n) is 2.49. The fourth-order valence-corrected chi connectivity index (χ4v) is 2.49. The quantitative estimate of drug-likeness (QED) is 0.755. The number of amides is 1. The molecule has 1 aliphatic rings. The molecule has 1 N–H and O–H groups in total. The molecule has 94 valence electrons. The van der Waals surface area contributed by atoms with E-state index in [-0.39, 0.29) is 18.6 Å². The van der Waals surface area contributed by atoms with Gasteiger partial charge in [-0.2, -0.15) is 0 Å². The van der Waals surface area contributed by atoms with E-state index in [1.54, 1.807) is 0 Å². The zero-order chi connectivity index (χ0) is 12.0. The summed E-state index contributed by atoms with van der Waals surface area (Å²) in [6.45, 7) is 4.95. The van der Waals surface area contributed by atoms with Gasteiger partial charge in [-0.05, 0) is 39.0 Å². The third-order valence-corrected chi connectivity index (χ3v) is 3.44. The van der Waals surface area contributed by atoms with Gasteiger partial charge in [0.15, 0.2) is 0 Å². The molecule has 0 radical (unpaired) electrons. The Balaban J connectivity index is 2.39. The maximum absolute atomic E-state index is 12.1. The Hall–Kier alpha value is -0.570. The van der Waals surface area contributed by atoms with Crippen molar-refractivity contribution in [2.45, 2.75) is 58.4 Å². The maximum Gasteiger partial charge on any atom is 0.223 e. The average Bonchev–Trinajstić information content (AvgIpc) is 2.70. The third-order valence-electron chi connectivity index (χ3n) is 3.44. The summed E-state index contributed by atoms with van der Waals surface area (Å²) in [6.07, 6.45) is 6.42. The molecule has 1 fully saturated rings. The lowest BCUT2D eigenvalue weighted by Crippen LogP contribution is -2.38. The van der Waals surface area contributed by atoms with E-state index in [2.05, 4.69) is 0 Å². The Labute approximate surface area is 98.8 Å². The van der Waals surface area contributed by atoms with Crippen molar-refractivity contribution in [2.75, 3.05) is 13.2 Å². The standard InChI is InChI=1S/C13H25NO2/c1-11(2)14(8-5-9-15)13(16)10-12-6-3-4-7-12/h11-12,15H,3-10H2,1-2H3. The molecular formula is C13H25NO2. The summed E-state index contributed by atoms with van der Waals surface area (Å²) < 4.78 is 0. The van der Waals surface area contributed by atoms with Crippen molar-refractivity contribution in [2.24, 2.45) is 5.92 Å². The highest BCUT2D eigenvalue weighted by molar-refractivity contribution is 5.76. The van der Waals surface area contributed by atoms with Gasteiger partial charge in [-0.25, -0.2) is 0 Å². The zero-order valence-electron chi connectivity index (χ0n) is 10.6. The van der Waals surface area contributed by atoms with Gasteiger partial charge in [-0.3, -0.25) is 4.79 Å². The van der Waals surface area contributed by atoms with Gasteiger partial charge in [0, 0.05) is 25.6 Å². The zero-order valence-corrected chi connectivity index (χ0v) is 10.6. The van der Waals surface area contributed by atoms with Crippen molar-refractivity contribution in [3.05, 3.63) is 0 Å². The first kappa shape index (κ1) is 13.5. The van der Waals surface area contributed by atoms with Crippen LogP contribution in [0.3, 0.4) is 0 Å². The predicted molar refractivity (Wildman–Crippen MR) is 65.1 cm³/mol. The molecule has 0 spiro atoms. The Morgan fingerprint density at radius 2 is 2.00 bits per heavy atom. The van der Waals surface area contributed by atoms with Crippen LogP contribution in [-0.4, -0.2) is 35.1 Å². The molecule has 0 bridgehead atoms. The van der Waals surface area contributed by atoms with Crippen LogP contribution in [0.1, 0.15) is 52.4 Å². The van der Waals surface area contributed by atoms with Crippen molar-refractivity contribution in [3.8, 4) is 0 Å². The maximum atomic E-state index is 12.1. The van der Waals surface area contributed by atoms with Gasteiger partial charge >= 0.3 is 0 Å². The van der Waals surface area contributed by atoms with E-state index in [0.717, 1.165) is 0 Å². The van der Waals surface area contributed by atoms with Gasteiger partial charge < -0.3 is 10.0 Å². The number of carbonyl (C=O) groups is 1. The number of rotatable bonds is 6. The summed E-state index contributed by atoms with van der Waals surface area (Å²) >= 11 is 0. The normalized spacial score (nSPS) is 17.0. The van der Waals surface area contributed by atoms with Crippen LogP contribution in [0, 0.1) is 5.92 Å². The van der Waals surface area contributed by atoms with E-state index < -0.39 is 0 Å². The molecule has 1 rings (SSSR count). The molecule has 16 heavy (non-hydrogen) atoms. The Kier molecular flexibility index (Phi) is 5.81. The molecule has 1 saturated carbocycles. The van der Waals surface area contributed by atoms with Gasteiger partial charge in [0.05, 0.1) is 0 Å². The van der Waals surface area contributed by atoms with Gasteiger partial charge in [0.1, 0.15) is 0 Å². The van der Waals surface area contributed by atoms with Crippen LogP contribution >= 0.6 is 0 Å². The van der Waals surface area contributed by atoms with E-state index in [1.165, 1.54) is 25.7 Å². The summed E-state index contributed by atoms with van der Waals surface area (Å²) in [5.41, 5.74) is 0. The molecule has 0 atom stereocenters. The van der Waals surface area contributed by atoms with Crippen molar-refractivity contribution in [1.82, 2.24) is 4.90 Å². The second-order valence-electron chi connectivity index (χ2n) is 5.11. The van der Waals surface area contributed by atoms with Gasteiger partial charge in [-0.15, -0.1) is 0 Å². The lowest BCUT2D eigenvalue weighted by atomic mass is 10.0. The summed E-state index contributed by atoms with van der Waals surface area (Å²) in [7, 11) is 0. The van der Waals surface area contributed by atoms with E-state index >= 15 is 0 Å². The lowest BCUT2D eigenvalue weighted by Gasteiger charge is -2.27. The summed E-state index contributed by atoms with van der Waals surface area (Å²) in [5, 5.41) is 8.82. The Bertz CT molecular complexity index is 210. The molecule has 0 aromatic rings. The van der Waals surface area contributed by atoms with E-state index in [0.29, 0.717) is 25.3 Å². The van der Waals surface area contributed by atoms with Crippen molar-refractivity contribution in [1.29, 1.82) is 0 Å². The third kappa shape index (κ3) is 4.12. The molecule has 0 saturated heterocycles. The SMILES string of the molecule is CC(C)N(CCCO)C(=O)CC1CCCC1. The largest absolute Gasteiger partial charge is 0.396 e. The van der Waals surface area contributed by atoms with E-state index in [9.17, 15) is 4.79 Å². The number of aliphatic hydroxyl groups excluding tert-OH is 1. The highest BCUT2D eigenvalue weighted by atomic mass is 16.3. The number of nitrogens with zero attached hydrogens (tertiary/aromatic N) is 1. The van der Waals surface area contributed by atoms with Gasteiger partial charge in [-0.1, -0.05) is 12.8 Å². The molecule has 0 aromatic carbocycles. The highest BCUT2D eigenvalue weighted by Crippen LogP contribution is 2.28. The average molecular weight is 227 g/mol. The Morgan fingerprint density at radius 1 is 1.38 bits per heavy atom. The number of carbonyl (C=O) groups excluding carboxylic acids is 1. The van der Waals surface area contributed by atoms with Gasteiger partial charge in [0.25, 0.3) is 0 Å². The predicted octanol–water partition coefficient (Wildman–Crippen LogP) is 2.19. The minimum atomic E-state index is 0.167. The molecule has 0 aliphatic heterocycles. The van der Waals surface area contributed by atoms with Gasteiger partial charge in [0.2, 0.25) is 5.91 Å². The number of hydrogen-bond donors (Lipinski definition) is 1. The first-order valence-corrected chi connectivity index (χ1v) is 6.55. The lowest BCUT2D eigenvalue weighted by molar-refractivity contribution is -0.134. The summed E-state index contributed by atoms with van der Waals surface area (Å²) in [4.78, 5) is 14.0. The summed E-state index contributed by atoms with van der Waals surface area (Å²) in [5.74, 6) is 0.887. The van der Waals surface area contributed by atoms with Crippen LogP contribution < -0.4 is 0 Å². The second kappa shape index (κ2) is 6.89. The van der Waals surface area contributed by atoms with Crippen LogP contribution in [0.2, 0.25) is 0 Å². The van der Waals surface area contributed by atoms with Crippen molar-refractivity contribution >= 4 is 5.91 Å². The van der Waals surface area contributed by atoms with E-state index in [4.69, 9.17) is 5.11 Å². The van der Waals surface area contributed by atoms with Crippen molar-refractivity contribution < 1.29 is 9.90 Å². The first-order valence-electron chi connectivity index (χ1n) is 6.55. The highest BCUT2D eigenvalue weighted by Gasteiger charge is 2.23. The van der Waals surface area contributed by atoms with Crippen LogP contribution in [0.25, 0.3) is 0 Å². The molecule has 0 aromatic heterocycles. The number of hydrogen-bond acceptors (Lipinski definition) is 2. The molecule has 0 unspecified atom stereocenters. The Morgan fingerprint density at radius 3 is 2.50 bits per heavy atom. The molecule has 3 heteroatoms. The van der Waals surface area contributed by atoms with Crippen LogP contribution in [0.15, 0.2) is 0 Å². The summed E-state index contributed by atoms with van der Waals surface area (Å²) in [6, 6.07) is 0.250. The van der Waals surface area contributed by atoms with E-state index in [1.807, 2.05) is 18.7 Å². The first-order chi connectivity index (χ1) is 7.65. The second-order valence-corrected chi connectivity index (χ2v) is 5.11. The molecule has 3 nitrogen and oxygen atoms in total. The van der Waals surface area contributed by atoms with Crippen LogP contribution in [-0.2, 0) is 4.79 Å². The minimum Gasteiger partial charge on any atom is -0.396 e. The molecule has 0 heterocycles. The molecule has 1 amide bonds. The van der Waals surface area contributed by atoms with Crippen molar-refractivity contribution in [3.63, 3.8) is 0 Å². The molecule has 1 aliphatic carbocycles. The minimum absolute atomic E-state index is 0.167.